The average Bonchev–Trinajstić information content (AvgIpc) is 3.17. The quantitative estimate of drug-likeness (QED) is 0.340. The van der Waals surface area contributed by atoms with Crippen molar-refractivity contribution in [3.8, 4) is 0 Å². The summed E-state index contributed by atoms with van der Waals surface area (Å²) in [5.74, 6) is -0.281. The van der Waals surface area contributed by atoms with Crippen molar-refractivity contribution in [2.75, 3.05) is 11.4 Å². The van der Waals surface area contributed by atoms with E-state index in [1.807, 2.05) is 69.3 Å². The Labute approximate surface area is 223 Å². The van der Waals surface area contributed by atoms with E-state index in [2.05, 4.69) is 5.32 Å². The highest BCUT2D eigenvalue weighted by Crippen LogP contribution is 2.37. The van der Waals surface area contributed by atoms with Gasteiger partial charge in [0.05, 0.1) is 5.69 Å². The number of hydrogen-bond donors (Lipinski definition) is 1. The normalized spacial score (nSPS) is 14.1. The first kappa shape index (κ1) is 26.7. The van der Waals surface area contributed by atoms with Gasteiger partial charge in [-0.3, -0.25) is 14.4 Å². The summed E-state index contributed by atoms with van der Waals surface area (Å²) >= 11 is 6.05. The minimum absolute atomic E-state index is 0.0274. The first-order valence-corrected chi connectivity index (χ1v) is 13.4. The molecule has 1 aliphatic heterocycles. The zero-order valence-corrected chi connectivity index (χ0v) is 22.4. The molecule has 194 valence electrons. The fourth-order valence-corrected chi connectivity index (χ4v) is 5.01. The largest absolute Gasteiger partial charge is 0.352 e. The molecule has 0 aromatic heterocycles. The maximum absolute atomic E-state index is 13.6. The van der Waals surface area contributed by atoms with Gasteiger partial charge in [0.15, 0.2) is 0 Å². The first-order valence-electron chi connectivity index (χ1n) is 13.0. The zero-order valence-electron chi connectivity index (χ0n) is 21.7. The maximum atomic E-state index is 13.6. The molecule has 0 radical (unpaired) electrons. The Morgan fingerprint density at radius 2 is 1.70 bits per heavy atom. The zero-order chi connectivity index (χ0) is 26.5. The van der Waals surface area contributed by atoms with Crippen LogP contribution in [0.5, 0.6) is 0 Å². The summed E-state index contributed by atoms with van der Waals surface area (Å²) in [6, 6.07) is 18.5. The van der Waals surface area contributed by atoms with Crippen molar-refractivity contribution in [1.82, 2.24) is 10.2 Å². The first-order chi connectivity index (χ1) is 17.8. The van der Waals surface area contributed by atoms with Crippen LogP contribution < -0.4 is 10.2 Å². The number of rotatable bonds is 11. The number of halogens is 1. The molecule has 7 heteroatoms. The number of nitrogens with zero attached hydrogens (tertiary/aromatic N) is 2. The van der Waals surface area contributed by atoms with Crippen molar-refractivity contribution in [1.29, 1.82) is 0 Å². The van der Waals surface area contributed by atoms with E-state index in [1.165, 1.54) is 0 Å². The molecular formula is C30H34ClN3O3. The summed E-state index contributed by atoms with van der Waals surface area (Å²) in [5.41, 5.74) is 2.50. The summed E-state index contributed by atoms with van der Waals surface area (Å²) in [7, 11) is 0. The molecule has 0 spiro atoms. The molecule has 0 saturated heterocycles. The number of carbonyl (C=O) groups is 3. The van der Waals surface area contributed by atoms with Gasteiger partial charge in [-0.15, -0.1) is 0 Å². The third kappa shape index (κ3) is 5.80. The predicted octanol–water partition coefficient (Wildman–Crippen LogP) is 5.96. The van der Waals surface area contributed by atoms with Crippen LogP contribution in [0.25, 0.3) is 10.8 Å². The van der Waals surface area contributed by atoms with Gasteiger partial charge >= 0.3 is 0 Å². The van der Waals surface area contributed by atoms with Gasteiger partial charge in [-0.1, -0.05) is 61.8 Å². The van der Waals surface area contributed by atoms with E-state index in [1.54, 1.807) is 21.9 Å². The summed E-state index contributed by atoms with van der Waals surface area (Å²) in [5, 5.41) is 5.66. The molecule has 2 atom stereocenters. The van der Waals surface area contributed by atoms with E-state index in [4.69, 9.17) is 11.6 Å². The number of amides is 3. The molecule has 4 rings (SSSR count). The van der Waals surface area contributed by atoms with Crippen molar-refractivity contribution in [3.63, 3.8) is 0 Å². The Hall–Kier alpha value is -3.38. The molecule has 1 N–H and O–H groups in total. The van der Waals surface area contributed by atoms with E-state index < -0.39 is 6.04 Å². The monoisotopic (exact) mass is 519 g/mol. The molecule has 1 aliphatic rings. The lowest BCUT2D eigenvalue weighted by Gasteiger charge is -2.31. The fourth-order valence-electron chi connectivity index (χ4n) is 4.88. The Bertz CT molecular complexity index is 1290. The second-order valence-corrected chi connectivity index (χ2v) is 10.1. The smallest absolute Gasteiger partial charge is 0.258 e. The average molecular weight is 520 g/mol. The standard InChI is InChI=1S/C30H34ClN3O3/c1-4-20(3)32-29(36)25(5-2)34(19-21-14-16-23(31)17-15-21)27(35)13-8-18-33-26-12-7-10-22-9-6-11-24(28(22)26)30(33)37/h6-7,9-12,14-17,20,25H,4-5,8,13,18-19H2,1-3H3,(H,32,36)/t20-,25-/m0/s1. The van der Waals surface area contributed by atoms with Gasteiger partial charge in [0.2, 0.25) is 11.8 Å². The molecule has 0 unspecified atom stereocenters. The van der Waals surface area contributed by atoms with Gasteiger partial charge in [-0.25, -0.2) is 0 Å². The molecule has 0 saturated carbocycles. The van der Waals surface area contributed by atoms with Gasteiger partial charge in [0, 0.05) is 41.5 Å². The lowest BCUT2D eigenvalue weighted by Crippen LogP contribution is -2.50. The van der Waals surface area contributed by atoms with E-state index in [-0.39, 0.29) is 30.2 Å². The Balaban J connectivity index is 1.48. The van der Waals surface area contributed by atoms with Crippen LogP contribution in [0.4, 0.5) is 5.69 Å². The predicted molar refractivity (Wildman–Crippen MR) is 149 cm³/mol. The summed E-state index contributed by atoms with van der Waals surface area (Å²) in [4.78, 5) is 43.2. The minimum Gasteiger partial charge on any atom is -0.352 e. The molecule has 1 heterocycles. The van der Waals surface area contributed by atoms with Gasteiger partial charge < -0.3 is 15.1 Å². The molecule has 6 nitrogen and oxygen atoms in total. The third-order valence-electron chi connectivity index (χ3n) is 7.07. The van der Waals surface area contributed by atoms with E-state index in [0.29, 0.717) is 36.5 Å². The number of anilines is 1. The Kier molecular flexibility index (Phi) is 8.49. The molecule has 0 aliphatic carbocycles. The van der Waals surface area contributed by atoms with Crippen LogP contribution in [0.1, 0.15) is 62.4 Å². The number of nitrogens with one attached hydrogen (secondary N) is 1. The highest BCUT2D eigenvalue weighted by molar-refractivity contribution is 6.30. The lowest BCUT2D eigenvalue weighted by molar-refractivity contribution is -0.141. The second-order valence-electron chi connectivity index (χ2n) is 9.63. The fraction of sp³-hybridized carbons (Fsp3) is 0.367. The molecular weight excluding hydrogens is 486 g/mol. The third-order valence-corrected chi connectivity index (χ3v) is 7.33. The van der Waals surface area contributed by atoms with Gasteiger partial charge in [-0.2, -0.15) is 0 Å². The van der Waals surface area contributed by atoms with Crippen molar-refractivity contribution < 1.29 is 14.4 Å². The molecule has 37 heavy (non-hydrogen) atoms. The highest BCUT2D eigenvalue weighted by Gasteiger charge is 2.31. The highest BCUT2D eigenvalue weighted by atomic mass is 35.5. The SMILES string of the molecule is CC[C@H](C)NC(=O)[C@H](CC)N(Cc1ccc(Cl)cc1)C(=O)CCCN1C(=O)c2cccc3cccc1c23. The summed E-state index contributed by atoms with van der Waals surface area (Å²) in [6.07, 6.45) is 2.04. The summed E-state index contributed by atoms with van der Waals surface area (Å²) in [6.45, 7) is 6.64. The maximum Gasteiger partial charge on any atom is 0.258 e. The summed E-state index contributed by atoms with van der Waals surface area (Å²) < 4.78 is 0. The molecule has 0 bridgehead atoms. The number of benzene rings is 3. The van der Waals surface area contributed by atoms with E-state index in [0.717, 1.165) is 28.4 Å². The minimum atomic E-state index is -0.580. The number of hydrogen-bond acceptors (Lipinski definition) is 3. The Morgan fingerprint density at radius 1 is 1.00 bits per heavy atom. The van der Waals surface area contributed by atoms with Crippen molar-refractivity contribution in [2.45, 2.75) is 65.1 Å². The van der Waals surface area contributed by atoms with Gasteiger partial charge in [-0.05, 0) is 61.4 Å². The van der Waals surface area contributed by atoms with Crippen molar-refractivity contribution in [3.05, 3.63) is 76.8 Å². The Morgan fingerprint density at radius 3 is 2.38 bits per heavy atom. The van der Waals surface area contributed by atoms with Gasteiger partial charge in [0.25, 0.3) is 5.91 Å². The second kappa shape index (κ2) is 11.8. The van der Waals surface area contributed by atoms with Crippen LogP contribution in [0.15, 0.2) is 60.7 Å². The van der Waals surface area contributed by atoms with Gasteiger partial charge in [0.1, 0.15) is 6.04 Å². The molecule has 3 aromatic rings. The lowest BCUT2D eigenvalue weighted by atomic mass is 10.1. The van der Waals surface area contributed by atoms with Crippen LogP contribution >= 0.6 is 11.6 Å². The van der Waals surface area contributed by atoms with Crippen molar-refractivity contribution in [2.24, 2.45) is 0 Å². The topological polar surface area (TPSA) is 69.7 Å². The van der Waals surface area contributed by atoms with Crippen LogP contribution in [-0.4, -0.2) is 41.2 Å². The number of carbonyl (C=O) groups excluding carboxylic acids is 3. The molecule has 3 amide bonds. The van der Waals surface area contributed by atoms with Crippen LogP contribution in [0, 0.1) is 0 Å². The van der Waals surface area contributed by atoms with E-state index in [9.17, 15) is 14.4 Å². The van der Waals surface area contributed by atoms with Crippen LogP contribution in [0.3, 0.4) is 0 Å². The van der Waals surface area contributed by atoms with Crippen molar-refractivity contribution >= 4 is 45.8 Å². The molecule has 0 fully saturated rings. The van der Waals surface area contributed by atoms with Crippen LogP contribution in [-0.2, 0) is 16.1 Å². The molecule has 3 aromatic carbocycles. The van der Waals surface area contributed by atoms with E-state index >= 15 is 0 Å². The van der Waals surface area contributed by atoms with Crippen LogP contribution in [0.2, 0.25) is 5.02 Å².